The van der Waals surface area contributed by atoms with E-state index in [0.29, 0.717) is 28.1 Å². The number of aromatic nitrogens is 2. The monoisotopic (exact) mass is 815 g/mol. The number of hydrogen-bond donors (Lipinski definition) is 0. The molecule has 0 saturated heterocycles. The minimum absolute atomic E-state index is 0.0973. The third kappa shape index (κ3) is 7.10. The SMILES string of the molecule is Cc1cccc(C(F)(F)F)c1-c1cc(-n2c3cc(C(C)(C)C)ccc3c3ccc(C(C)(C)C)cc32)c(C#N)c(-n2c3cc(C(C)(C)C)ccc3c3ccc(C(C)(C)C)cc32)c1. The van der Waals surface area contributed by atoms with Crippen molar-refractivity contribution in [1.29, 1.82) is 5.26 Å². The predicted molar refractivity (Wildman–Crippen MR) is 250 cm³/mol. The van der Waals surface area contributed by atoms with Gasteiger partial charge in [0.15, 0.2) is 0 Å². The molecule has 312 valence electrons. The molecule has 0 radical (unpaired) electrons. The summed E-state index contributed by atoms with van der Waals surface area (Å²) in [6.07, 6.45) is -4.62. The van der Waals surface area contributed by atoms with Crippen molar-refractivity contribution >= 4 is 43.6 Å². The van der Waals surface area contributed by atoms with Gasteiger partial charge in [0, 0.05) is 21.5 Å². The van der Waals surface area contributed by atoms with Crippen molar-refractivity contribution < 1.29 is 13.2 Å². The van der Waals surface area contributed by atoms with Crippen LogP contribution in [-0.2, 0) is 27.8 Å². The Labute approximate surface area is 358 Å². The maximum absolute atomic E-state index is 15.2. The van der Waals surface area contributed by atoms with E-state index in [4.69, 9.17) is 0 Å². The molecule has 2 heterocycles. The minimum atomic E-state index is -4.62. The molecule has 2 aromatic heterocycles. The molecule has 0 atom stereocenters. The van der Waals surface area contributed by atoms with Crippen LogP contribution in [0.25, 0.3) is 66.1 Å². The molecule has 3 nitrogen and oxygen atoms in total. The first-order chi connectivity index (χ1) is 28.3. The van der Waals surface area contributed by atoms with Gasteiger partial charge in [-0.25, -0.2) is 0 Å². The molecule has 8 aromatic rings. The largest absolute Gasteiger partial charge is 0.417 e. The first-order valence-electron chi connectivity index (χ1n) is 21.2. The summed E-state index contributed by atoms with van der Waals surface area (Å²) in [6.45, 7) is 27.8. The first kappa shape index (κ1) is 41.9. The second-order valence-corrected chi connectivity index (χ2v) is 21.1. The highest BCUT2D eigenvalue weighted by atomic mass is 19.4. The molecular formula is C55H56F3N3. The zero-order chi connectivity index (χ0) is 44.4. The molecule has 0 aliphatic carbocycles. The number of fused-ring (bicyclic) bond motifs is 6. The summed E-state index contributed by atoms with van der Waals surface area (Å²) in [5, 5.41) is 15.7. The third-order valence-corrected chi connectivity index (χ3v) is 12.6. The smallest absolute Gasteiger partial charge is 0.308 e. The van der Waals surface area contributed by atoms with Gasteiger partial charge in [-0.1, -0.05) is 144 Å². The molecule has 0 spiro atoms. The fraction of sp³-hybridized carbons (Fsp3) is 0.327. The molecule has 8 rings (SSSR count). The van der Waals surface area contributed by atoms with Crippen LogP contribution < -0.4 is 0 Å². The fourth-order valence-electron chi connectivity index (χ4n) is 8.93. The second kappa shape index (κ2) is 13.9. The van der Waals surface area contributed by atoms with Gasteiger partial charge >= 0.3 is 6.18 Å². The summed E-state index contributed by atoms with van der Waals surface area (Å²) in [5.74, 6) is 0. The van der Waals surface area contributed by atoms with Crippen LogP contribution in [0.1, 0.15) is 122 Å². The first-order valence-corrected chi connectivity index (χ1v) is 21.2. The quantitative estimate of drug-likeness (QED) is 0.175. The van der Waals surface area contributed by atoms with Crippen LogP contribution in [0.15, 0.2) is 103 Å². The van der Waals surface area contributed by atoms with E-state index in [1.54, 1.807) is 13.0 Å². The van der Waals surface area contributed by atoms with E-state index in [9.17, 15) is 5.26 Å². The van der Waals surface area contributed by atoms with Crippen molar-refractivity contribution in [2.75, 3.05) is 0 Å². The van der Waals surface area contributed by atoms with Crippen molar-refractivity contribution in [3.63, 3.8) is 0 Å². The molecule has 6 aromatic carbocycles. The summed E-state index contributed by atoms with van der Waals surface area (Å²) >= 11 is 0. The lowest BCUT2D eigenvalue weighted by Gasteiger charge is -2.23. The molecule has 0 unspecified atom stereocenters. The zero-order valence-corrected chi connectivity index (χ0v) is 37.8. The molecule has 0 aliphatic heterocycles. The standard InChI is InChI=1S/C55H56F3N3/c1-32-15-14-16-43(55(56,57)58)50(32)33-25-44(60-46-27-34(51(2,3)4)17-21-38(46)39-22-18-35(28-47(39)60)52(5,6)7)42(31-59)45(26-33)61-48-29-36(53(8,9)10)19-23-40(48)41-24-20-37(30-49(41)61)54(11,12)13/h14-30H,1-13H3. The molecule has 0 N–H and O–H groups in total. The lowest BCUT2D eigenvalue weighted by atomic mass is 9.86. The highest BCUT2D eigenvalue weighted by Crippen LogP contribution is 2.46. The average molecular weight is 816 g/mol. The van der Waals surface area contributed by atoms with Gasteiger partial charge in [0.25, 0.3) is 0 Å². The molecule has 0 amide bonds. The second-order valence-electron chi connectivity index (χ2n) is 21.1. The Balaban J connectivity index is 1.65. The number of alkyl halides is 3. The molecule has 6 heteroatoms. The van der Waals surface area contributed by atoms with Crippen LogP contribution in [-0.4, -0.2) is 9.13 Å². The number of benzene rings is 6. The van der Waals surface area contributed by atoms with Crippen molar-refractivity contribution in [2.45, 2.75) is 118 Å². The molecule has 0 bridgehead atoms. The van der Waals surface area contributed by atoms with E-state index in [1.165, 1.54) is 6.07 Å². The zero-order valence-electron chi connectivity index (χ0n) is 37.8. The minimum Gasteiger partial charge on any atom is -0.308 e. The van der Waals surface area contributed by atoms with Crippen LogP contribution in [0.3, 0.4) is 0 Å². The van der Waals surface area contributed by atoms with Gasteiger partial charge in [-0.2, -0.15) is 18.4 Å². The molecule has 61 heavy (non-hydrogen) atoms. The molecule has 0 saturated carbocycles. The van der Waals surface area contributed by atoms with E-state index in [2.05, 4.69) is 171 Å². The van der Waals surface area contributed by atoms with Crippen molar-refractivity contribution in [2.24, 2.45) is 0 Å². The lowest BCUT2D eigenvalue weighted by Crippen LogP contribution is -2.13. The number of rotatable bonds is 3. The van der Waals surface area contributed by atoms with Gasteiger partial charge in [-0.15, -0.1) is 0 Å². The van der Waals surface area contributed by atoms with Gasteiger partial charge < -0.3 is 9.13 Å². The van der Waals surface area contributed by atoms with Crippen molar-refractivity contribution in [3.05, 3.63) is 142 Å². The van der Waals surface area contributed by atoms with Gasteiger partial charge in [0.2, 0.25) is 0 Å². The summed E-state index contributed by atoms with van der Waals surface area (Å²) in [5.41, 5.74) is 8.91. The maximum atomic E-state index is 15.2. The van der Waals surface area contributed by atoms with E-state index >= 15 is 13.2 Å². The van der Waals surface area contributed by atoms with Crippen LogP contribution in [0.4, 0.5) is 13.2 Å². The normalized spacial score (nSPS) is 13.2. The summed E-state index contributed by atoms with van der Waals surface area (Å²) < 4.78 is 49.9. The van der Waals surface area contributed by atoms with Gasteiger partial charge in [-0.05, 0) is 110 Å². The molecule has 0 fully saturated rings. The van der Waals surface area contributed by atoms with Crippen LogP contribution >= 0.6 is 0 Å². The van der Waals surface area contributed by atoms with Gasteiger partial charge in [0.05, 0.1) is 39.0 Å². The summed E-state index contributed by atoms with van der Waals surface area (Å²) in [7, 11) is 0. The molecular weight excluding hydrogens is 760 g/mol. The topological polar surface area (TPSA) is 33.6 Å². The Morgan fingerprint density at radius 1 is 0.459 bits per heavy atom. The van der Waals surface area contributed by atoms with Crippen LogP contribution in [0.2, 0.25) is 0 Å². The highest BCUT2D eigenvalue weighted by Gasteiger charge is 2.35. The van der Waals surface area contributed by atoms with E-state index in [-0.39, 0.29) is 27.2 Å². The predicted octanol–water partition coefficient (Wildman–Crippen LogP) is 15.9. The third-order valence-electron chi connectivity index (χ3n) is 12.6. The Morgan fingerprint density at radius 3 is 1.07 bits per heavy atom. The number of nitriles is 1. The Bertz CT molecular complexity index is 2800. The van der Waals surface area contributed by atoms with Crippen molar-refractivity contribution in [1.82, 2.24) is 9.13 Å². The van der Waals surface area contributed by atoms with E-state index in [0.717, 1.165) is 71.9 Å². The van der Waals surface area contributed by atoms with E-state index < -0.39 is 11.7 Å². The van der Waals surface area contributed by atoms with Crippen LogP contribution in [0.5, 0.6) is 0 Å². The van der Waals surface area contributed by atoms with Crippen molar-refractivity contribution in [3.8, 4) is 28.6 Å². The number of aryl methyl sites for hydroxylation is 1. The van der Waals surface area contributed by atoms with Gasteiger partial charge in [-0.3, -0.25) is 0 Å². The maximum Gasteiger partial charge on any atom is 0.417 e. The highest BCUT2D eigenvalue weighted by molar-refractivity contribution is 6.12. The fourth-order valence-corrected chi connectivity index (χ4v) is 8.93. The van der Waals surface area contributed by atoms with Gasteiger partial charge in [0.1, 0.15) is 11.6 Å². The molecule has 0 aliphatic rings. The Hall–Kier alpha value is -5.80. The summed E-state index contributed by atoms with van der Waals surface area (Å²) in [6, 6.07) is 36.7. The number of hydrogen-bond acceptors (Lipinski definition) is 1. The van der Waals surface area contributed by atoms with E-state index in [1.807, 2.05) is 12.1 Å². The number of nitrogens with zero attached hydrogens (tertiary/aromatic N) is 3. The Morgan fingerprint density at radius 2 is 0.787 bits per heavy atom. The Kier molecular flexibility index (Phi) is 9.52. The van der Waals surface area contributed by atoms with Crippen LogP contribution in [0, 0.1) is 18.3 Å². The summed E-state index contributed by atoms with van der Waals surface area (Å²) in [4.78, 5) is 0. The lowest BCUT2D eigenvalue weighted by molar-refractivity contribution is -0.137. The average Bonchev–Trinajstić information content (AvgIpc) is 3.66. The number of halogens is 3.